The molecule has 0 atom stereocenters. The van der Waals surface area contributed by atoms with E-state index in [0.29, 0.717) is 35.2 Å². The molecule has 0 saturated heterocycles. The van der Waals surface area contributed by atoms with Gasteiger partial charge in [0.15, 0.2) is 0 Å². The highest BCUT2D eigenvalue weighted by Gasteiger charge is 2.24. The molecule has 3 aromatic rings. The Morgan fingerprint density at radius 2 is 1.77 bits per heavy atom. The van der Waals surface area contributed by atoms with Crippen molar-refractivity contribution in [1.29, 1.82) is 0 Å². The van der Waals surface area contributed by atoms with E-state index in [-0.39, 0.29) is 17.3 Å². The predicted molar refractivity (Wildman–Crippen MR) is 115 cm³/mol. The van der Waals surface area contributed by atoms with E-state index in [9.17, 15) is 10.1 Å². The fourth-order valence-corrected chi connectivity index (χ4v) is 3.07. The first-order chi connectivity index (χ1) is 14.5. The summed E-state index contributed by atoms with van der Waals surface area (Å²) in [6, 6.07) is 12.9. The summed E-state index contributed by atoms with van der Waals surface area (Å²) in [5.74, 6) is 0.936. The van der Waals surface area contributed by atoms with Gasteiger partial charge >= 0.3 is 5.69 Å². The molecule has 0 spiro atoms. The number of ether oxygens (including phenoxy) is 2. The molecule has 9 nitrogen and oxygen atoms in total. The minimum atomic E-state index is -0.537. The van der Waals surface area contributed by atoms with Gasteiger partial charge in [0.2, 0.25) is 11.6 Å². The number of hydrogen-bond acceptors (Lipinski definition) is 8. The van der Waals surface area contributed by atoms with Crippen molar-refractivity contribution >= 4 is 34.6 Å². The second kappa shape index (κ2) is 9.75. The second-order valence-electron chi connectivity index (χ2n) is 6.15. The maximum Gasteiger partial charge on any atom is 0.353 e. The first-order valence-corrected chi connectivity index (χ1v) is 9.37. The quantitative estimate of drug-likeness (QED) is 0.379. The van der Waals surface area contributed by atoms with Gasteiger partial charge < -0.3 is 20.1 Å². The molecule has 1 heterocycles. The smallest absolute Gasteiger partial charge is 0.353 e. The molecule has 0 aliphatic heterocycles. The molecule has 2 aromatic carbocycles. The van der Waals surface area contributed by atoms with Crippen molar-refractivity contribution in [2.75, 3.05) is 31.4 Å². The molecule has 3 rings (SSSR count). The lowest BCUT2D eigenvalue weighted by Crippen LogP contribution is -2.11. The molecule has 0 amide bonds. The maximum absolute atomic E-state index is 11.8. The zero-order chi connectivity index (χ0) is 21.5. The number of methoxy groups -OCH3 is 2. The van der Waals surface area contributed by atoms with Crippen LogP contribution >= 0.6 is 11.6 Å². The molecule has 0 aliphatic carbocycles. The zero-order valence-corrected chi connectivity index (χ0v) is 17.1. The van der Waals surface area contributed by atoms with E-state index >= 15 is 0 Å². The number of anilines is 3. The number of nitro groups is 1. The summed E-state index contributed by atoms with van der Waals surface area (Å²) in [6.45, 7) is 0.471. The van der Waals surface area contributed by atoms with Crippen LogP contribution in [0.2, 0.25) is 5.02 Å². The van der Waals surface area contributed by atoms with Gasteiger partial charge in [-0.25, -0.2) is 9.97 Å². The predicted octanol–water partition coefficient (Wildman–Crippen LogP) is 4.45. The normalized spacial score (nSPS) is 10.4. The Morgan fingerprint density at radius 3 is 2.43 bits per heavy atom. The van der Waals surface area contributed by atoms with Crippen LogP contribution in [0.4, 0.5) is 23.0 Å². The minimum absolute atomic E-state index is 0.0109. The van der Waals surface area contributed by atoms with E-state index in [1.807, 2.05) is 30.3 Å². The summed E-state index contributed by atoms with van der Waals surface area (Å²) in [5, 5.41) is 18.0. The van der Waals surface area contributed by atoms with Crippen molar-refractivity contribution < 1.29 is 14.4 Å². The van der Waals surface area contributed by atoms with Gasteiger partial charge in [-0.15, -0.1) is 0 Å². The van der Waals surface area contributed by atoms with E-state index in [4.69, 9.17) is 21.1 Å². The van der Waals surface area contributed by atoms with Crippen LogP contribution in [-0.2, 0) is 6.42 Å². The maximum atomic E-state index is 11.8. The number of rotatable bonds is 9. The summed E-state index contributed by atoms with van der Waals surface area (Å²) in [6.07, 6.45) is 1.93. The topological polar surface area (TPSA) is 111 Å². The minimum Gasteiger partial charge on any atom is -0.495 e. The van der Waals surface area contributed by atoms with Crippen LogP contribution in [0.5, 0.6) is 11.5 Å². The third-order valence-electron chi connectivity index (χ3n) is 4.28. The van der Waals surface area contributed by atoms with Crippen molar-refractivity contribution in [1.82, 2.24) is 9.97 Å². The van der Waals surface area contributed by atoms with Crippen LogP contribution in [0.15, 0.2) is 48.8 Å². The van der Waals surface area contributed by atoms with E-state index in [2.05, 4.69) is 20.6 Å². The Bertz CT molecular complexity index is 1030. The molecule has 10 heteroatoms. The van der Waals surface area contributed by atoms with Gasteiger partial charge in [-0.3, -0.25) is 10.1 Å². The van der Waals surface area contributed by atoms with Crippen LogP contribution in [0, 0.1) is 10.1 Å². The lowest BCUT2D eigenvalue weighted by atomic mass is 10.1. The lowest BCUT2D eigenvalue weighted by molar-refractivity contribution is -0.383. The molecule has 30 heavy (non-hydrogen) atoms. The van der Waals surface area contributed by atoms with Gasteiger partial charge in [0, 0.05) is 12.6 Å². The Kier molecular flexibility index (Phi) is 6.87. The standard InChI is InChI=1S/C20H20ClN5O4/c1-29-16-11-17(30-2)15(10-14(16)21)25-20-18(26(27)28)19(23-12-24-20)22-9-8-13-6-4-3-5-7-13/h3-7,10-12H,8-9H2,1-2H3,(H2,22,23,24,25). The summed E-state index contributed by atoms with van der Waals surface area (Å²) in [4.78, 5) is 19.3. The largest absolute Gasteiger partial charge is 0.495 e. The average molecular weight is 430 g/mol. The van der Waals surface area contributed by atoms with Crippen molar-refractivity contribution in [2.45, 2.75) is 6.42 Å². The molecule has 1 aromatic heterocycles. The number of aromatic nitrogens is 2. The Balaban J connectivity index is 1.86. The van der Waals surface area contributed by atoms with Crippen LogP contribution in [0.3, 0.4) is 0 Å². The molecule has 0 aliphatic rings. The molecule has 0 unspecified atom stereocenters. The second-order valence-corrected chi connectivity index (χ2v) is 6.56. The third kappa shape index (κ3) is 4.87. The molecule has 0 radical (unpaired) electrons. The van der Waals surface area contributed by atoms with E-state index in [1.54, 1.807) is 12.1 Å². The van der Waals surface area contributed by atoms with Gasteiger partial charge in [0.1, 0.15) is 17.8 Å². The fourth-order valence-electron chi connectivity index (χ4n) is 2.83. The number of benzene rings is 2. The van der Waals surface area contributed by atoms with Crippen molar-refractivity contribution in [3.05, 3.63) is 69.5 Å². The monoisotopic (exact) mass is 429 g/mol. The summed E-state index contributed by atoms with van der Waals surface area (Å²) in [7, 11) is 2.95. The molecular formula is C20H20ClN5O4. The summed E-state index contributed by atoms with van der Waals surface area (Å²) >= 11 is 6.19. The molecule has 0 saturated carbocycles. The molecular weight excluding hydrogens is 410 g/mol. The average Bonchev–Trinajstić information content (AvgIpc) is 2.74. The van der Waals surface area contributed by atoms with Gasteiger partial charge in [-0.05, 0) is 18.1 Å². The number of hydrogen-bond donors (Lipinski definition) is 2. The van der Waals surface area contributed by atoms with Crippen LogP contribution < -0.4 is 20.1 Å². The van der Waals surface area contributed by atoms with Crippen molar-refractivity contribution in [2.24, 2.45) is 0 Å². The molecule has 0 bridgehead atoms. The number of halogens is 1. The zero-order valence-electron chi connectivity index (χ0n) is 16.4. The summed E-state index contributed by atoms with van der Waals surface area (Å²) in [5.41, 5.74) is 1.23. The van der Waals surface area contributed by atoms with Crippen LogP contribution in [0.1, 0.15) is 5.56 Å². The highest BCUT2D eigenvalue weighted by molar-refractivity contribution is 6.32. The van der Waals surface area contributed by atoms with E-state index in [1.165, 1.54) is 20.5 Å². The highest BCUT2D eigenvalue weighted by atomic mass is 35.5. The summed E-state index contributed by atoms with van der Waals surface area (Å²) < 4.78 is 10.5. The highest BCUT2D eigenvalue weighted by Crippen LogP contribution is 2.39. The van der Waals surface area contributed by atoms with Crippen molar-refractivity contribution in [3.8, 4) is 11.5 Å². The van der Waals surface area contributed by atoms with E-state index < -0.39 is 4.92 Å². The SMILES string of the molecule is COc1cc(OC)c(Nc2ncnc(NCCc3ccccc3)c2[N+](=O)[O-])cc1Cl. The number of nitrogens with one attached hydrogen (secondary N) is 2. The molecule has 2 N–H and O–H groups in total. The van der Waals surface area contributed by atoms with Crippen molar-refractivity contribution in [3.63, 3.8) is 0 Å². The first kappa shape index (κ1) is 21.1. The van der Waals surface area contributed by atoms with Gasteiger partial charge in [0.25, 0.3) is 0 Å². The Morgan fingerprint density at radius 1 is 1.07 bits per heavy atom. The lowest BCUT2D eigenvalue weighted by Gasteiger charge is -2.14. The third-order valence-corrected chi connectivity index (χ3v) is 4.58. The van der Waals surface area contributed by atoms with Crippen LogP contribution in [0.25, 0.3) is 0 Å². The first-order valence-electron chi connectivity index (χ1n) is 8.99. The van der Waals surface area contributed by atoms with Crippen LogP contribution in [-0.4, -0.2) is 35.7 Å². The van der Waals surface area contributed by atoms with E-state index in [0.717, 1.165) is 5.56 Å². The van der Waals surface area contributed by atoms with Gasteiger partial charge in [-0.1, -0.05) is 41.9 Å². The fraction of sp³-hybridized carbons (Fsp3) is 0.200. The molecule has 156 valence electrons. The van der Waals surface area contributed by atoms with Gasteiger partial charge in [0.05, 0.1) is 29.9 Å². The van der Waals surface area contributed by atoms with Gasteiger partial charge in [-0.2, -0.15) is 0 Å². The molecule has 0 fully saturated rings. The Hall–Kier alpha value is -3.59. The number of nitrogens with zero attached hydrogens (tertiary/aromatic N) is 3. The Labute approximate surface area is 178 Å².